The Bertz CT molecular complexity index is 1010. The zero-order chi connectivity index (χ0) is 21.3. The minimum absolute atomic E-state index is 0.00513. The van der Waals surface area contributed by atoms with Crippen LogP contribution in [0.25, 0.3) is 0 Å². The van der Waals surface area contributed by atoms with E-state index in [9.17, 15) is 13.2 Å². The minimum Gasteiger partial charge on any atom is -0.336 e. The third-order valence-electron chi connectivity index (χ3n) is 4.93. The standard InChI is InChI=1S/C18H21Cl3N4O3S/c1-23(11-16-15(21)10-22-24(16)2)18(26)12-8-17(14(20)9-13(12)19)29(27,28)25-6-4-3-5-7-25/h8-10H,3-7,11H2,1-2H3. The van der Waals surface area contributed by atoms with E-state index in [1.807, 2.05) is 0 Å². The molecule has 7 nitrogen and oxygen atoms in total. The first-order valence-corrected chi connectivity index (χ1v) is 11.6. The van der Waals surface area contributed by atoms with E-state index in [0.29, 0.717) is 23.8 Å². The number of piperidine rings is 1. The van der Waals surface area contributed by atoms with Crippen molar-refractivity contribution in [2.45, 2.75) is 30.7 Å². The number of carbonyl (C=O) groups excluding carboxylic acids is 1. The van der Waals surface area contributed by atoms with Crippen molar-refractivity contribution in [3.8, 4) is 0 Å². The third-order valence-corrected chi connectivity index (χ3v) is 7.92. The molecule has 0 saturated carbocycles. The van der Waals surface area contributed by atoms with E-state index in [1.54, 1.807) is 18.8 Å². The zero-order valence-electron chi connectivity index (χ0n) is 16.0. The number of benzene rings is 1. The van der Waals surface area contributed by atoms with Gasteiger partial charge in [0.15, 0.2) is 0 Å². The Labute approximate surface area is 185 Å². The van der Waals surface area contributed by atoms with E-state index in [0.717, 1.165) is 19.3 Å². The first-order chi connectivity index (χ1) is 13.6. The van der Waals surface area contributed by atoms with Crippen LogP contribution >= 0.6 is 34.8 Å². The molecule has 1 saturated heterocycles. The maximum atomic E-state index is 13.1. The van der Waals surface area contributed by atoms with Crippen LogP contribution in [-0.2, 0) is 23.6 Å². The lowest BCUT2D eigenvalue weighted by molar-refractivity contribution is 0.0782. The first-order valence-electron chi connectivity index (χ1n) is 9.04. The maximum Gasteiger partial charge on any atom is 0.255 e. The van der Waals surface area contributed by atoms with Crippen molar-refractivity contribution >= 4 is 50.7 Å². The molecule has 158 valence electrons. The lowest BCUT2D eigenvalue weighted by Crippen LogP contribution is -2.36. The largest absolute Gasteiger partial charge is 0.336 e. The molecule has 0 aliphatic carbocycles. The second kappa shape index (κ2) is 8.81. The molecule has 29 heavy (non-hydrogen) atoms. The molecule has 11 heteroatoms. The Morgan fingerprint density at radius 3 is 2.34 bits per heavy atom. The number of amides is 1. The molecule has 2 heterocycles. The van der Waals surface area contributed by atoms with Gasteiger partial charge < -0.3 is 4.90 Å². The molecule has 0 atom stereocenters. The van der Waals surface area contributed by atoms with E-state index >= 15 is 0 Å². The van der Waals surface area contributed by atoms with E-state index in [4.69, 9.17) is 34.8 Å². The minimum atomic E-state index is -3.82. The Morgan fingerprint density at radius 2 is 1.76 bits per heavy atom. The van der Waals surface area contributed by atoms with Gasteiger partial charge >= 0.3 is 0 Å². The van der Waals surface area contributed by atoms with Crippen molar-refractivity contribution in [1.82, 2.24) is 19.0 Å². The van der Waals surface area contributed by atoms with Gasteiger partial charge in [-0.3, -0.25) is 9.48 Å². The third kappa shape index (κ3) is 4.56. The molecule has 0 radical (unpaired) electrons. The molecule has 1 aliphatic rings. The van der Waals surface area contributed by atoms with Crippen molar-refractivity contribution in [3.63, 3.8) is 0 Å². The fourth-order valence-electron chi connectivity index (χ4n) is 3.25. The number of nitrogens with zero attached hydrogens (tertiary/aromatic N) is 4. The van der Waals surface area contributed by atoms with Gasteiger partial charge in [0.2, 0.25) is 10.0 Å². The SMILES string of the molecule is CN(Cc1c(Cl)cnn1C)C(=O)c1cc(S(=O)(=O)N2CCCCC2)c(Cl)cc1Cl. The average molecular weight is 480 g/mol. The summed E-state index contributed by atoms with van der Waals surface area (Å²) in [4.78, 5) is 14.3. The van der Waals surface area contributed by atoms with Crippen molar-refractivity contribution in [3.05, 3.63) is 44.7 Å². The van der Waals surface area contributed by atoms with Gasteiger partial charge in [-0.15, -0.1) is 0 Å². The highest BCUT2D eigenvalue weighted by atomic mass is 35.5. The summed E-state index contributed by atoms with van der Waals surface area (Å²) < 4.78 is 29.1. The number of hydrogen-bond acceptors (Lipinski definition) is 4. The van der Waals surface area contributed by atoms with Crippen molar-refractivity contribution in [1.29, 1.82) is 0 Å². The Kier molecular flexibility index (Phi) is 6.80. The van der Waals surface area contributed by atoms with Crippen LogP contribution in [0.15, 0.2) is 23.2 Å². The van der Waals surface area contributed by atoms with Crippen LogP contribution in [0.1, 0.15) is 35.3 Å². The quantitative estimate of drug-likeness (QED) is 0.653. The van der Waals surface area contributed by atoms with Crippen LogP contribution in [0.3, 0.4) is 0 Å². The van der Waals surface area contributed by atoms with Crippen LogP contribution < -0.4 is 0 Å². The second-order valence-electron chi connectivity index (χ2n) is 6.95. The fraction of sp³-hybridized carbons (Fsp3) is 0.444. The summed E-state index contributed by atoms with van der Waals surface area (Å²) in [6.45, 7) is 1.05. The van der Waals surface area contributed by atoms with Crippen LogP contribution in [0.2, 0.25) is 15.1 Å². The van der Waals surface area contributed by atoms with Gasteiger partial charge in [0.05, 0.1) is 39.1 Å². The topological polar surface area (TPSA) is 75.5 Å². The van der Waals surface area contributed by atoms with Crippen molar-refractivity contribution in [2.75, 3.05) is 20.1 Å². The smallest absolute Gasteiger partial charge is 0.255 e. The summed E-state index contributed by atoms with van der Waals surface area (Å²) in [5, 5.41) is 4.56. The number of sulfonamides is 1. The van der Waals surface area contributed by atoms with Gasteiger partial charge in [-0.1, -0.05) is 41.2 Å². The van der Waals surface area contributed by atoms with E-state index in [1.165, 1.54) is 27.5 Å². The molecule has 1 aromatic heterocycles. The van der Waals surface area contributed by atoms with E-state index < -0.39 is 15.9 Å². The molecule has 3 rings (SSSR count). The van der Waals surface area contributed by atoms with Crippen LogP contribution in [0.5, 0.6) is 0 Å². The molecule has 0 unspecified atom stereocenters. The number of rotatable bonds is 5. The number of aryl methyl sites for hydroxylation is 1. The maximum absolute atomic E-state index is 13.1. The van der Waals surface area contributed by atoms with Gasteiger partial charge in [0.1, 0.15) is 4.90 Å². The highest BCUT2D eigenvalue weighted by Gasteiger charge is 2.30. The van der Waals surface area contributed by atoms with Crippen LogP contribution in [-0.4, -0.2) is 53.4 Å². The summed E-state index contributed by atoms with van der Waals surface area (Å²) >= 11 is 18.6. The fourth-order valence-corrected chi connectivity index (χ4v) is 5.82. The number of hydrogen-bond donors (Lipinski definition) is 0. The first kappa shape index (κ1) is 22.4. The zero-order valence-corrected chi connectivity index (χ0v) is 19.1. The summed E-state index contributed by atoms with van der Waals surface area (Å²) in [5.41, 5.74) is 0.709. The Morgan fingerprint density at radius 1 is 1.10 bits per heavy atom. The van der Waals surface area contributed by atoms with E-state index in [-0.39, 0.29) is 27.0 Å². The Hall–Kier alpha value is -1.32. The number of halogens is 3. The monoisotopic (exact) mass is 478 g/mol. The molecule has 0 bridgehead atoms. The lowest BCUT2D eigenvalue weighted by Gasteiger charge is -2.26. The molecule has 1 aromatic carbocycles. The lowest BCUT2D eigenvalue weighted by atomic mass is 10.2. The molecular formula is C18H21Cl3N4O3S. The van der Waals surface area contributed by atoms with Gasteiger partial charge in [0, 0.05) is 27.2 Å². The summed E-state index contributed by atoms with van der Waals surface area (Å²) in [7, 11) is -0.519. The molecule has 1 fully saturated rings. The predicted octanol–water partition coefficient (Wildman–Crippen LogP) is 3.83. The van der Waals surface area contributed by atoms with Gasteiger partial charge in [0.25, 0.3) is 5.91 Å². The molecule has 2 aromatic rings. The van der Waals surface area contributed by atoms with Crippen molar-refractivity contribution < 1.29 is 13.2 Å². The number of aromatic nitrogens is 2. The predicted molar refractivity (Wildman–Crippen MR) is 113 cm³/mol. The second-order valence-corrected chi connectivity index (χ2v) is 10.1. The van der Waals surface area contributed by atoms with Crippen LogP contribution in [0, 0.1) is 0 Å². The number of carbonyl (C=O) groups is 1. The molecule has 1 aliphatic heterocycles. The highest BCUT2D eigenvalue weighted by Crippen LogP contribution is 2.32. The molecule has 0 spiro atoms. The van der Waals surface area contributed by atoms with E-state index in [2.05, 4.69) is 5.10 Å². The Balaban J connectivity index is 1.93. The van der Waals surface area contributed by atoms with Gasteiger partial charge in [-0.25, -0.2) is 8.42 Å². The average Bonchev–Trinajstić information content (AvgIpc) is 3.00. The van der Waals surface area contributed by atoms with Crippen LogP contribution in [0.4, 0.5) is 0 Å². The van der Waals surface area contributed by atoms with Gasteiger partial charge in [-0.2, -0.15) is 9.40 Å². The molecule has 1 amide bonds. The summed E-state index contributed by atoms with van der Waals surface area (Å²) in [5.74, 6) is -0.445. The summed E-state index contributed by atoms with van der Waals surface area (Å²) in [6, 6.07) is 2.57. The normalized spacial score (nSPS) is 15.5. The molecule has 0 N–H and O–H groups in total. The highest BCUT2D eigenvalue weighted by molar-refractivity contribution is 7.89. The van der Waals surface area contributed by atoms with Crippen molar-refractivity contribution in [2.24, 2.45) is 7.05 Å². The molecular weight excluding hydrogens is 459 g/mol. The van der Waals surface area contributed by atoms with Gasteiger partial charge in [-0.05, 0) is 25.0 Å². The summed E-state index contributed by atoms with van der Waals surface area (Å²) in [6.07, 6.45) is 4.08.